The molecule has 234 valence electrons. The van der Waals surface area contributed by atoms with Gasteiger partial charge in [0.05, 0.1) is 36.5 Å². The van der Waals surface area contributed by atoms with Gasteiger partial charge in [-0.15, -0.1) is 0 Å². The second kappa shape index (κ2) is 15.4. The molecule has 4 rings (SSSR count). The van der Waals surface area contributed by atoms with Gasteiger partial charge >= 0.3 is 5.97 Å². The molecule has 8 nitrogen and oxygen atoms in total. The van der Waals surface area contributed by atoms with E-state index in [1.807, 2.05) is 48.7 Å². The van der Waals surface area contributed by atoms with Gasteiger partial charge in [-0.1, -0.05) is 63.7 Å². The van der Waals surface area contributed by atoms with Crippen molar-refractivity contribution < 1.29 is 34.4 Å². The lowest BCUT2D eigenvalue weighted by atomic mass is 9.94. The normalized spacial score (nSPS) is 12.4. The van der Waals surface area contributed by atoms with Crippen molar-refractivity contribution >= 4 is 17.6 Å². The fourth-order valence-corrected chi connectivity index (χ4v) is 5.38. The third-order valence-corrected chi connectivity index (χ3v) is 7.29. The van der Waals surface area contributed by atoms with Gasteiger partial charge in [0, 0.05) is 23.5 Å². The van der Waals surface area contributed by atoms with Crippen LogP contribution in [0.2, 0.25) is 0 Å². The molecule has 5 N–H and O–H groups in total. The van der Waals surface area contributed by atoms with Gasteiger partial charge in [-0.05, 0) is 71.8 Å². The average molecular weight is 605 g/mol. The lowest BCUT2D eigenvalue weighted by Crippen LogP contribution is -2.22. The lowest BCUT2D eigenvalue weighted by Gasteiger charge is -2.20. The first-order chi connectivity index (χ1) is 20.6. The van der Waals surface area contributed by atoms with Crippen molar-refractivity contribution in [2.45, 2.75) is 71.8 Å². The topological polar surface area (TPSA) is 132 Å². The minimum absolute atomic E-state index is 0. The molecule has 0 bridgehead atoms. The molecule has 0 saturated carbocycles. The molecule has 0 fully saturated rings. The first kappa shape index (κ1) is 34.2. The highest BCUT2D eigenvalue weighted by Crippen LogP contribution is 2.42. The number of amides is 1. The van der Waals surface area contributed by atoms with Crippen LogP contribution in [0.1, 0.15) is 68.1 Å². The molecule has 0 spiro atoms. The second-order valence-corrected chi connectivity index (χ2v) is 10.9. The fourth-order valence-electron chi connectivity index (χ4n) is 5.38. The molecule has 0 saturated heterocycles. The maximum absolute atomic E-state index is 14.2. The number of nitrogens with one attached hydrogen (secondary N) is 1. The number of nitrogens with zero attached hydrogens (tertiary/aromatic N) is 1. The molecule has 1 aromatic heterocycles. The second-order valence-electron chi connectivity index (χ2n) is 10.9. The number of hydrogen-bond acceptors (Lipinski definition) is 5. The van der Waals surface area contributed by atoms with Crippen LogP contribution in [-0.2, 0) is 17.9 Å². The molecule has 4 aromatic rings. The highest BCUT2D eigenvalue weighted by molar-refractivity contribution is 6.12. The summed E-state index contributed by atoms with van der Waals surface area (Å²) in [6.07, 6.45) is -2.60. The van der Waals surface area contributed by atoms with Crippen LogP contribution in [0.3, 0.4) is 0 Å². The summed E-state index contributed by atoms with van der Waals surface area (Å²) in [5.74, 6) is -2.05. The van der Waals surface area contributed by atoms with Gasteiger partial charge < -0.3 is 30.3 Å². The Bertz CT molecular complexity index is 1530. The Morgan fingerprint density at radius 1 is 0.886 bits per heavy atom. The van der Waals surface area contributed by atoms with Crippen molar-refractivity contribution in [2.24, 2.45) is 0 Å². The Labute approximate surface area is 257 Å². The van der Waals surface area contributed by atoms with Crippen LogP contribution in [0.4, 0.5) is 10.1 Å². The van der Waals surface area contributed by atoms with Crippen molar-refractivity contribution in [1.29, 1.82) is 0 Å². The summed E-state index contributed by atoms with van der Waals surface area (Å²) in [7, 11) is 0. The van der Waals surface area contributed by atoms with Gasteiger partial charge in [-0.25, -0.2) is 4.39 Å². The molecule has 2 atom stereocenters. The van der Waals surface area contributed by atoms with E-state index in [0.717, 1.165) is 5.56 Å². The summed E-state index contributed by atoms with van der Waals surface area (Å²) in [5, 5.41) is 42.2. The Morgan fingerprint density at radius 2 is 1.52 bits per heavy atom. The van der Waals surface area contributed by atoms with Crippen LogP contribution >= 0.6 is 0 Å². The number of aliphatic carboxylic acids is 1. The number of halogens is 1. The van der Waals surface area contributed by atoms with Gasteiger partial charge in [0.1, 0.15) is 5.82 Å². The number of carboxylic acids is 1. The van der Waals surface area contributed by atoms with Crippen LogP contribution in [-0.4, -0.2) is 49.1 Å². The Balaban J connectivity index is 0.00000529. The largest absolute Gasteiger partial charge is 0.481 e. The average Bonchev–Trinajstić information content (AvgIpc) is 3.32. The number of rotatable bonds is 13. The summed E-state index contributed by atoms with van der Waals surface area (Å²) < 4.78 is 16.0. The number of carboxylic acid groups (broad SMARTS) is 1. The molecule has 9 heteroatoms. The van der Waals surface area contributed by atoms with Crippen LogP contribution in [0.15, 0.2) is 78.9 Å². The molecule has 3 aromatic carbocycles. The quantitative estimate of drug-likeness (QED) is 0.119. The van der Waals surface area contributed by atoms with E-state index in [1.54, 1.807) is 36.4 Å². The number of carbonyl (C=O) groups excluding carboxylic acids is 1. The minimum atomic E-state index is -1.20. The minimum Gasteiger partial charge on any atom is -0.481 e. The summed E-state index contributed by atoms with van der Waals surface area (Å²) in [6.45, 7) is 4.07. The molecule has 0 unspecified atom stereocenters. The summed E-state index contributed by atoms with van der Waals surface area (Å²) in [6, 6.07) is 22.3. The number of benzene rings is 3. The Kier molecular flexibility index (Phi) is 12.0. The molecule has 44 heavy (non-hydrogen) atoms. The van der Waals surface area contributed by atoms with Crippen molar-refractivity contribution in [3.63, 3.8) is 0 Å². The number of hydrogen-bond donors (Lipinski definition) is 5. The molecular weight excluding hydrogens is 563 g/mol. The van der Waals surface area contributed by atoms with Gasteiger partial charge in [0.2, 0.25) is 0 Å². The predicted octanol–water partition coefficient (Wildman–Crippen LogP) is 6.44. The molecule has 1 amide bonds. The zero-order valence-electron chi connectivity index (χ0n) is 24.2. The molecule has 1 heterocycles. The third kappa shape index (κ3) is 8.19. The number of carbonyl (C=O) groups is 2. The van der Waals surface area contributed by atoms with Crippen molar-refractivity contribution in [3.8, 4) is 22.4 Å². The number of anilines is 1. The SMILES string of the molecule is C.CC(C)c1c(C(=O)Nc2ccc(CO)cc2)c(-c2ccccc2)c(-c2ccc(F)cc2)n1CC[C@@H](O)C[C@@H](O)CC(=O)O. The Morgan fingerprint density at radius 3 is 2.09 bits per heavy atom. The van der Waals surface area contributed by atoms with Crippen LogP contribution in [0.25, 0.3) is 22.4 Å². The van der Waals surface area contributed by atoms with Crippen molar-refractivity contribution in [1.82, 2.24) is 4.57 Å². The maximum Gasteiger partial charge on any atom is 0.305 e. The van der Waals surface area contributed by atoms with Gasteiger partial charge in [0.25, 0.3) is 5.91 Å². The standard InChI is InChI=1S/C34H37FN2O6.CH4/c1-21(2)32-31(34(43)36-26-14-8-22(20-38)9-15-26)30(23-6-4-3-5-7-23)33(24-10-12-25(35)13-11-24)37(32)17-16-27(39)18-28(40)19-29(41)42;/h3-15,21,27-28,38-40H,16-20H2,1-2H3,(H,36,43)(H,41,42);1H4/t27-,28-;/m1./s1. The lowest BCUT2D eigenvalue weighted by molar-refractivity contribution is -0.139. The van der Waals surface area contributed by atoms with Gasteiger partial charge in [-0.3, -0.25) is 9.59 Å². The summed E-state index contributed by atoms with van der Waals surface area (Å²) in [4.78, 5) is 25.1. The van der Waals surface area contributed by atoms with E-state index in [2.05, 4.69) is 5.32 Å². The van der Waals surface area contributed by atoms with E-state index < -0.39 is 30.4 Å². The summed E-state index contributed by atoms with van der Waals surface area (Å²) in [5.41, 5.74) is 5.19. The first-order valence-electron chi connectivity index (χ1n) is 14.3. The molecular formula is C35H41FN2O6. The van der Waals surface area contributed by atoms with E-state index in [0.29, 0.717) is 39.3 Å². The van der Waals surface area contributed by atoms with E-state index in [9.17, 15) is 29.3 Å². The molecule has 0 aliphatic heterocycles. The zero-order chi connectivity index (χ0) is 31.1. The molecule has 0 aliphatic rings. The fraction of sp³-hybridized carbons (Fsp3) is 0.314. The highest BCUT2D eigenvalue weighted by atomic mass is 19.1. The van der Waals surface area contributed by atoms with Crippen LogP contribution < -0.4 is 5.32 Å². The summed E-state index contributed by atoms with van der Waals surface area (Å²) >= 11 is 0. The Hall–Kier alpha value is -4.31. The maximum atomic E-state index is 14.2. The smallest absolute Gasteiger partial charge is 0.305 e. The van der Waals surface area contributed by atoms with E-state index in [-0.39, 0.29) is 45.2 Å². The monoisotopic (exact) mass is 604 g/mol. The van der Waals surface area contributed by atoms with E-state index in [1.165, 1.54) is 12.1 Å². The predicted molar refractivity (Wildman–Crippen MR) is 170 cm³/mol. The van der Waals surface area contributed by atoms with Crippen LogP contribution in [0, 0.1) is 5.82 Å². The highest BCUT2D eigenvalue weighted by Gasteiger charge is 2.31. The van der Waals surface area contributed by atoms with Crippen molar-refractivity contribution in [3.05, 3.63) is 102 Å². The van der Waals surface area contributed by atoms with E-state index >= 15 is 0 Å². The molecule has 0 aliphatic carbocycles. The van der Waals surface area contributed by atoms with E-state index in [4.69, 9.17) is 5.11 Å². The number of aromatic nitrogens is 1. The van der Waals surface area contributed by atoms with Crippen LogP contribution in [0.5, 0.6) is 0 Å². The van der Waals surface area contributed by atoms with Gasteiger partial charge in [0.15, 0.2) is 0 Å². The number of aliphatic hydroxyl groups excluding tert-OH is 3. The first-order valence-corrected chi connectivity index (χ1v) is 14.3. The number of aliphatic hydroxyl groups is 3. The van der Waals surface area contributed by atoms with Gasteiger partial charge in [-0.2, -0.15) is 0 Å². The third-order valence-electron chi connectivity index (χ3n) is 7.29. The zero-order valence-corrected chi connectivity index (χ0v) is 24.2. The molecule has 0 radical (unpaired) electrons. The van der Waals surface area contributed by atoms with Crippen molar-refractivity contribution in [2.75, 3.05) is 5.32 Å².